The fourth-order valence-corrected chi connectivity index (χ4v) is 1.28. The van der Waals surface area contributed by atoms with Gasteiger partial charge in [0.2, 0.25) is 0 Å². The molecule has 0 unspecified atom stereocenters. The highest BCUT2D eigenvalue weighted by molar-refractivity contribution is 5.57. The molecule has 3 atom stereocenters. The molecule has 1 rings (SSSR count). The van der Waals surface area contributed by atoms with Crippen LogP contribution in [0.5, 0.6) is 0 Å². The topological polar surface area (TPSA) is 26.3 Å². The smallest absolute Gasteiger partial charge is 0.149 e. The van der Waals surface area contributed by atoms with Gasteiger partial charge >= 0.3 is 0 Å². The molecule has 0 aromatic carbocycles. The third-order valence-electron chi connectivity index (χ3n) is 1.79. The predicted molar refractivity (Wildman–Crippen MR) is 34.2 cm³/mol. The summed E-state index contributed by atoms with van der Waals surface area (Å²) in [7, 11) is 0. The molecule has 0 aromatic heterocycles. The Kier molecular flexibility index (Phi) is 1.86. The molecule has 0 saturated carbocycles. The van der Waals surface area contributed by atoms with Gasteiger partial charge in [0.05, 0.1) is 6.10 Å². The van der Waals surface area contributed by atoms with Crippen molar-refractivity contribution >= 4 is 6.29 Å². The number of carbonyl (C=O) groups excluding carboxylic acids is 1. The van der Waals surface area contributed by atoms with E-state index in [-0.39, 0.29) is 12.2 Å². The first kappa shape index (κ1) is 6.75. The van der Waals surface area contributed by atoms with Crippen molar-refractivity contribution in [1.29, 1.82) is 0 Å². The van der Waals surface area contributed by atoms with Crippen molar-refractivity contribution in [3.05, 3.63) is 0 Å². The van der Waals surface area contributed by atoms with Gasteiger partial charge in [-0.15, -0.1) is 0 Å². The molecular formula is C7H12O2. The van der Waals surface area contributed by atoms with Crippen LogP contribution in [0.15, 0.2) is 0 Å². The normalized spacial score (nSPS) is 43.1. The number of ether oxygens (including phenoxy) is 1. The van der Waals surface area contributed by atoms with E-state index in [1.807, 2.05) is 13.8 Å². The highest BCUT2D eigenvalue weighted by atomic mass is 16.5. The maximum Gasteiger partial charge on any atom is 0.149 e. The van der Waals surface area contributed by atoms with Crippen LogP contribution in [0.25, 0.3) is 0 Å². The van der Waals surface area contributed by atoms with Crippen LogP contribution < -0.4 is 0 Å². The lowest BCUT2D eigenvalue weighted by Crippen LogP contribution is -2.14. The van der Waals surface area contributed by atoms with Gasteiger partial charge in [-0.1, -0.05) is 6.92 Å². The van der Waals surface area contributed by atoms with Crippen molar-refractivity contribution in [3.8, 4) is 0 Å². The Morgan fingerprint density at radius 1 is 1.56 bits per heavy atom. The first-order valence-electron chi connectivity index (χ1n) is 3.34. The third kappa shape index (κ3) is 1.30. The van der Waals surface area contributed by atoms with E-state index in [0.29, 0.717) is 5.92 Å². The fourth-order valence-electron chi connectivity index (χ4n) is 1.28. The predicted octanol–water partition coefficient (Wildman–Crippen LogP) is 0.999. The van der Waals surface area contributed by atoms with Crippen molar-refractivity contribution in [1.82, 2.24) is 0 Å². The summed E-state index contributed by atoms with van der Waals surface area (Å²) in [5.74, 6) is 0.414. The van der Waals surface area contributed by atoms with Gasteiger partial charge in [0.1, 0.15) is 12.4 Å². The summed E-state index contributed by atoms with van der Waals surface area (Å²) in [4.78, 5) is 10.2. The Hall–Kier alpha value is -0.370. The molecule has 0 aromatic rings. The second-order valence-electron chi connectivity index (χ2n) is 2.76. The van der Waals surface area contributed by atoms with Crippen LogP contribution in [0, 0.1) is 5.92 Å². The van der Waals surface area contributed by atoms with Crippen LogP contribution in [-0.4, -0.2) is 18.5 Å². The maximum atomic E-state index is 10.2. The molecule has 0 amide bonds. The molecule has 52 valence electrons. The summed E-state index contributed by atoms with van der Waals surface area (Å²) in [5.41, 5.74) is 0. The number of carbonyl (C=O) groups is 1. The summed E-state index contributed by atoms with van der Waals surface area (Å²) >= 11 is 0. The molecule has 0 radical (unpaired) electrons. The molecule has 9 heavy (non-hydrogen) atoms. The lowest BCUT2D eigenvalue weighted by Gasteiger charge is -2.04. The van der Waals surface area contributed by atoms with Crippen molar-refractivity contribution in [2.24, 2.45) is 5.92 Å². The van der Waals surface area contributed by atoms with E-state index in [4.69, 9.17) is 4.74 Å². The fraction of sp³-hybridized carbons (Fsp3) is 0.857. The van der Waals surface area contributed by atoms with Gasteiger partial charge in [-0.2, -0.15) is 0 Å². The van der Waals surface area contributed by atoms with Gasteiger partial charge in [-0.25, -0.2) is 0 Å². The van der Waals surface area contributed by atoms with Crippen molar-refractivity contribution in [2.75, 3.05) is 0 Å². The van der Waals surface area contributed by atoms with Crippen LogP contribution in [0.4, 0.5) is 0 Å². The summed E-state index contributed by atoms with van der Waals surface area (Å²) in [6, 6.07) is 0. The third-order valence-corrected chi connectivity index (χ3v) is 1.79. The van der Waals surface area contributed by atoms with Gasteiger partial charge in [0.15, 0.2) is 0 Å². The Morgan fingerprint density at radius 2 is 2.22 bits per heavy atom. The molecule has 1 aliphatic heterocycles. The maximum absolute atomic E-state index is 10.2. The second kappa shape index (κ2) is 2.48. The van der Waals surface area contributed by atoms with E-state index < -0.39 is 0 Å². The van der Waals surface area contributed by atoms with E-state index in [1.165, 1.54) is 0 Å². The average molecular weight is 128 g/mol. The van der Waals surface area contributed by atoms with Gasteiger partial charge < -0.3 is 9.53 Å². The monoisotopic (exact) mass is 128 g/mol. The minimum Gasteiger partial charge on any atom is -0.368 e. The van der Waals surface area contributed by atoms with Crippen molar-refractivity contribution < 1.29 is 9.53 Å². The molecule has 1 heterocycles. The zero-order valence-electron chi connectivity index (χ0n) is 5.83. The summed E-state index contributed by atoms with van der Waals surface area (Å²) in [6.45, 7) is 4.04. The second-order valence-corrected chi connectivity index (χ2v) is 2.76. The lowest BCUT2D eigenvalue weighted by atomic mass is 10.0. The molecule has 0 bridgehead atoms. The van der Waals surface area contributed by atoms with Crippen LogP contribution in [0.2, 0.25) is 0 Å². The highest BCUT2D eigenvalue weighted by Gasteiger charge is 2.28. The first-order chi connectivity index (χ1) is 4.24. The quantitative estimate of drug-likeness (QED) is 0.492. The van der Waals surface area contributed by atoms with E-state index in [9.17, 15) is 4.79 Å². The molecular weight excluding hydrogens is 116 g/mol. The number of hydrogen-bond donors (Lipinski definition) is 0. The van der Waals surface area contributed by atoms with Crippen molar-refractivity contribution in [3.63, 3.8) is 0 Å². The van der Waals surface area contributed by atoms with Gasteiger partial charge in [0, 0.05) is 0 Å². The summed E-state index contributed by atoms with van der Waals surface area (Å²) in [5, 5.41) is 0. The minimum absolute atomic E-state index is 0.139. The van der Waals surface area contributed by atoms with E-state index >= 15 is 0 Å². The Morgan fingerprint density at radius 3 is 2.44 bits per heavy atom. The van der Waals surface area contributed by atoms with Crippen LogP contribution in [0.1, 0.15) is 20.3 Å². The Labute approximate surface area is 55.2 Å². The zero-order chi connectivity index (χ0) is 6.85. The molecule has 0 N–H and O–H groups in total. The Bertz CT molecular complexity index is 111. The van der Waals surface area contributed by atoms with Crippen LogP contribution in [0.3, 0.4) is 0 Å². The minimum atomic E-state index is -0.139. The lowest BCUT2D eigenvalue weighted by molar-refractivity contribution is -0.118. The van der Waals surface area contributed by atoms with Crippen LogP contribution >= 0.6 is 0 Å². The number of aldehydes is 1. The molecule has 0 spiro atoms. The zero-order valence-corrected chi connectivity index (χ0v) is 5.83. The SMILES string of the molecule is C[C@H]1C[C@H](C)[C@@H](C=O)O1. The summed E-state index contributed by atoms with van der Waals surface area (Å²) in [6.07, 6.45) is 2.05. The van der Waals surface area contributed by atoms with E-state index in [2.05, 4.69) is 0 Å². The number of hydrogen-bond acceptors (Lipinski definition) is 2. The molecule has 0 aliphatic carbocycles. The molecule has 1 aliphatic rings. The molecule has 2 heteroatoms. The van der Waals surface area contributed by atoms with Gasteiger partial charge in [0.25, 0.3) is 0 Å². The molecule has 1 saturated heterocycles. The largest absolute Gasteiger partial charge is 0.368 e. The Balaban J connectivity index is 2.47. The van der Waals surface area contributed by atoms with E-state index in [1.54, 1.807) is 0 Å². The average Bonchev–Trinajstić information content (AvgIpc) is 2.10. The van der Waals surface area contributed by atoms with E-state index in [0.717, 1.165) is 12.7 Å². The van der Waals surface area contributed by atoms with Gasteiger partial charge in [-0.05, 0) is 19.3 Å². The highest BCUT2D eigenvalue weighted by Crippen LogP contribution is 2.23. The molecule has 1 fully saturated rings. The summed E-state index contributed by atoms with van der Waals surface area (Å²) < 4.78 is 5.25. The first-order valence-corrected chi connectivity index (χ1v) is 3.34. The van der Waals surface area contributed by atoms with Gasteiger partial charge in [-0.3, -0.25) is 0 Å². The van der Waals surface area contributed by atoms with Crippen molar-refractivity contribution in [2.45, 2.75) is 32.5 Å². The standard InChI is InChI=1S/C7H12O2/c1-5-3-6(2)9-7(5)4-8/h4-7H,3H2,1-2H3/t5-,6-,7+/m0/s1. The van der Waals surface area contributed by atoms with Crippen LogP contribution in [-0.2, 0) is 9.53 Å². The molecule has 2 nitrogen and oxygen atoms in total. The number of rotatable bonds is 1.